The summed E-state index contributed by atoms with van der Waals surface area (Å²) in [7, 11) is -3.00. The van der Waals surface area contributed by atoms with Gasteiger partial charge in [0.05, 0.1) is 8.07 Å². The minimum absolute atomic E-state index is 0.796. The van der Waals surface area contributed by atoms with Crippen molar-refractivity contribution in [3.8, 4) is 0 Å². The van der Waals surface area contributed by atoms with Crippen molar-refractivity contribution in [1.82, 2.24) is 0 Å². The summed E-state index contributed by atoms with van der Waals surface area (Å²) >= 11 is 0. The highest BCUT2D eigenvalue weighted by molar-refractivity contribution is 6.92. The molecule has 0 aliphatic rings. The highest BCUT2D eigenvalue weighted by Gasteiger charge is 2.41. The molecule has 0 fully saturated rings. The molecule has 0 unspecified atom stereocenters. The third kappa shape index (κ3) is 4.69. The monoisotopic (exact) mass is 262 g/mol. The van der Waals surface area contributed by atoms with E-state index in [2.05, 4.69) is 41.2 Å². The molecule has 2 nitrogen and oxygen atoms in total. The minimum atomic E-state index is -1.89. The molecule has 0 aromatic rings. The van der Waals surface area contributed by atoms with Crippen molar-refractivity contribution in [2.24, 2.45) is 0 Å². The van der Waals surface area contributed by atoms with Crippen LogP contribution in [0.2, 0.25) is 30.3 Å². The second-order valence-corrected chi connectivity index (χ2v) is 14.1. The van der Waals surface area contributed by atoms with Crippen LogP contribution in [0.1, 0.15) is 34.6 Å². The molecule has 0 bridgehead atoms. The third-order valence-corrected chi connectivity index (χ3v) is 15.7. The Labute approximate surface area is 104 Å². The Bertz CT molecular complexity index is 168. The molecule has 0 atom stereocenters. The van der Waals surface area contributed by atoms with Gasteiger partial charge in [0.25, 0.3) is 0 Å². The van der Waals surface area contributed by atoms with Crippen molar-refractivity contribution in [3.05, 3.63) is 0 Å². The van der Waals surface area contributed by atoms with Crippen LogP contribution in [0.5, 0.6) is 0 Å². The van der Waals surface area contributed by atoms with Gasteiger partial charge in [-0.05, 0) is 26.1 Å². The molecule has 0 heterocycles. The molecule has 0 amide bonds. The van der Waals surface area contributed by atoms with Gasteiger partial charge in [-0.1, -0.05) is 38.9 Å². The fraction of sp³-hybridized carbons (Fsp3) is 1.00. The summed E-state index contributed by atoms with van der Waals surface area (Å²) in [5, 5.41) is 0. The molecule has 0 spiro atoms. The van der Waals surface area contributed by atoms with Gasteiger partial charge in [-0.25, -0.2) is 0 Å². The van der Waals surface area contributed by atoms with E-state index in [-0.39, 0.29) is 0 Å². The van der Waals surface area contributed by atoms with E-state index in [9.17, 15) is 0 Å². The lowest BCUT2D eigenvalue weighted by Gasteiger charge is -2.36. The molecule has 16 heavy (non-hydrogen) atoms. The van der Waals surface area contributed by atoms with Crippen LogP contribution in [0.25, 0.3) is 0 Å². The summed E-state index contributed by atoms with van der Waals surface area (Å²) in [5.41, 5.74) is 1.27. The summed E-state index contributed by atoms with van der Waals surface area (Å²) in [4.78, 5) is 0. The van der Waals surface area contributed by atoms with Crippen LogP contribution in [0, 0.1) is 0 Å². The Morgan fingerprint density at radius 2 is 1.12 bits per heavy atom. The van der Waals surface area contributed by atoms with Gasteiger partial charge in [0.2, 0.25) is 0 Å². The van der Waals surface area contributed by atoms with Gasteiger partial charge >= 0.3 is 8.56 Å². The first-order valence-electron chi connectivity index (χ1n) is 6.79. The van der Waals surface area contributed by atoms with Crippen LogP contribution in [0.4, 0.5) is 0 Å². The molecule has 4 heteroatoms. The van der Waals surface area contributed by atoms with E-state index in [0.717, 1.165) is 13.2 Å². The van der Waals surface area contributed by atoms with E-state index in [1.165, 1.54) is 23.8 Å². The highest BCUT2D eigenvalue weighted by atomic mass is 28.4. The molecule has 0 saturated heterocycles. The first-order valence-corrected chi connectivity index (χ1v) is 12.1. The van der Waals surface area contributed by atoms with Crippen LogP contribution < -0.4 is 0 Å². The predicted octanol–water partition coefficient (Wildman–Crippen LogP) is 4.18. The summed E-state index contributed by atoms with van der Waals surface area (Å²) in [5.74, 6) is 0. The van der Waals surface area contributed by atoms with Crippen molar-refractivity contribution in [1.29, 1.82) is 0 Å². The number of rotatable bonds is 9. The Balaban J connectivity index is 4.68. The minimum Gasteiger partial charge on any atom is -0.395 e. The lowest BCUT2D eigenvalue weighted by molar-refractivity contribution is 0.193. The first kappa shape index (κ1) is 16.4. The Morgan fingerprint density at radius 1 is 0.750 bits per heavy atom. The maximum Gasteiger partial charge on any atom is 0.332 e. The molecule has 0 radical (unpaired) electrons. The number of hydrogen-bond acceptors (Lipinski definition) is 2. The fourth-order valence-corrected chi connectivity index (χ4v) is 14.6. The Kier molecular flexibility index (Phi) is 7.80. The molecule has 98 valence electrons. The largest absolute Gasteiger partial charge is 0.395 e. The van der Waals surface area contributed by atoms with Gasteiger partial charge in [-0.2, -0.15) is 0 Å². The lowest BCUT2D eigenvalue weighted by atomic mass is 10.9. The molecule has 0 saturated carbocycles. The molecule has 0 rings (SSSR count). The second kappa shape index (κ2) is 7.64. The van der Waals surface area contributed by atoms with Gasteiger partial charge in [0.1, 0.15) is 0 Å². The van der Waals surface area contributed by atoms with E-state index in [0.29, 0.717) is 0 Å². The summed E-state index contributed by atoms with van der Waals surface area (Å²) in [6, 6.07) is 4.09. The van der Waals surface area contributed by atoms with Crippen molar-refractivity contribution >= 4 is 16.6 Å². The lowest BCUT2D eigenvalue weighted by Crippen LogP contribution is -2.49. The summed E-state index contributed by atoms with van der Waals surface area (Å²) in [6.45, 7) is 15.1. The van der Waals surface area contributed by atoms with Crippen LogP contribution in [-0.4, -0.2) is 29.8 Å². The zero-order chi connectivity index (χ0) is 12.7. The molecule has 0 aliphatic carbocycles. The van der Waals surface area contributed by atoms with Crippen LogP contribution in [-0.2, 0) is 8.85 Å². The van der Waals surface area contributed by atoms with Gasteiger partial charge in [-0.15, -0.1) is 0 Å². The predicted molar refractivity (Wildman–Crippen MR) is 76.9 cm³/mol. The Hall–Kier alpha value is 0.354. The maximum absolute atomic E-state index is 5.98. The average Bonchev–Trinajstić information content (AvgIpc) is 2.27. The van der Waals surface area contributed by atoms with E-state index in [4.69, 9.17) is 8.85 Å². The maximum atomic E-state index is 5.98. The van der Waals surface area contributed by atoms with Gasteiger partial charge < -0.3 is 8.85 Å². The summed E-state index contributed by atoms with van der Waals surface area (Å²) in [6.07, 6.45) is 0. The zero-order valence-corrected chi connectivity index (χ0v) is 14.1. The topological polar surface area (TPSA) is 18.5 Å². The second-order valence-electron chi connectivity index (χ2n) is 4.74. The van der Waals surface area contributed by atoms with Crippen molar-refractivity contribution in [2.45, 2.75) is 65.0 Å². The highest BCUT2D eigenvalue weighted by Crippen LogP contribution is 2.31. The van der Waals surface area contributed by atoms with E-state index in [1.54, 1.807) is 0 Å². The smallest absolute Gasteiger partial charge is 0.332 e. The quantitative estimate of drug-likeness (QED) is 0.580. The van der Waals surface area contributed by atoms with Gasteiger partial charge in [0, 0.05) is 13.2 Å². The molecule has 0 aliphatic heterocycles. The molecular formula is C12H30O2Si2. The Morgan fingerprint density at radius 3 is 1.38 bits per heavy atom. The SMILES string of the molecule is CCO[Si](C)(C[Si](CC)(CC)CC)OCC. The third-order valence-electron chi connectivity index (χ3n) is 3.85. The van der Waals surface area contributed by atoms with Gasteiger partial charge in [0.15, 0.2) is 0 Å². The molecular weight excluding hydrogens is 232 g/mol. The van der Waals surface area contributed by atoms with Crippen molar-refractivity contribution in [2.75, 3.05) is 13.2 Å². The zero-order valence-electron chi connectivity index (χ0n) is 12.1. The standard InChI is InChI=1S/C12H30O2Si2/c1-7-13-15(6,14-8-2)12-16(9-3,10-4)11-5/h7-12H2,1-6H3. The molecule has 0 aromatic heterocycles. The van der Waals surface area contributed by atoms with Crippen molar-refractivity contribution < 1.29 is 8.85 Å². The van der Waals surface area contributed by atoms with E-state index in [1.807, 2.05) is 0 Å². The normalized spacial score (nSPS) is 13.1. The fourth-order valence-electron chi connectivity index (χ4n) is 2.56. The van der Waals surface area contributed by atoms with E-state index >= 15 is 0 Å². The summed E-state index contributed by atoms with van der Waals surface area (Å²) < 4.78 is 12.0. The van der Waals surface area contributed by atoms with Crippen LogP contribution in [0.15, 0.2) is 0 Å². The first-order chi connectivity index (χ1) is 7.51. The average molecular weight is 263 g/mol. The van der Waals surface area contributed by atoms with Gasteiger partial charge in [-0.3, -0.25) is 0 Å². The molecule has 0 N–H and O–H groups in total. The van der Waals surface area contributed by atoms with Crippen LogP contribution in [0.3, 0.4) is 0 Å². The van der Waals surface area contributed by atoms with Crippen LogP contribution >= 0.6 is 0 Å². The number of hydrogen-bond donors (Lipinski definition) is 0. The van der Waals surface area contributed by atoms with E-state index < -0.39 is 16.6 Å². The van der Waals surface area contributed by atoms with Crippen molar-refractivity contribution in [3.63, 3.8) is 0 Å². The molecule has 0 aromatic carbocycles.